The molecule has 2 aromatic carbocycles. The average molecular weight is 492 g/mol. The zero-order valence-electron chi connectivity index (χ0n) is 21.2. The van der Waals surface area contributed by atoms with E-state index in [9.17, 15) is 20.6 Å². The Morgan fingerprint density at radius 2 is 1.73 bits per heavy atom. The van der Waals surface area contributed by atoms with Crippen molar-refractivity contribution in [3.63, 3.8) is 0 Å². The predicted octanol–water partition coefficient (Wildman–Crippen LogP) is 5.05. The first-order chi connectivity index (χ1) is 17.7. The monoisotopic (exact) mass is 491 g/mol. The second-order valence-corrected chi connectivity index (χ2v) is 10.5. The van der Waals surface area contributed by atoms with E-state index >= 15 is 0 Å². The first-order valence-corrected chi connectivity index (χ1v) is 12.2. The molecule has 1 aliphatic carbocycles. The fourth-order valence-corrected chi connectivity index (χ4v) is 5.21. The molecule has 0 aromatic heterocycles. The molecular formula is C30H29N5O2. The van der Waals surface area contributed by atoms with Gasteiger partial charge < -0.3 is 15.4 Å². The highest BCUT2D eigenvalue weighted by atomic mass is 16.6. The molecule has 0 saturated heterocycles. The molecule has 0 radical (unpaired) electrons. The number of amides is 1. The zero-order chi connectivity index (χ0) is 26.8. The molecule has 0 saturated carbocycles. The highest BCUT2D eigenvalue weighted by Gasteiger charge is 2.54. The number of nitriles is 3. The van der Waals surface area contributed by atoms with Crippen molar-refractivity contribution in [1.82, 2.24) is 4.90 Å². The van der Waals surface area contributed by atoms with Crippen LogP contribution in [0.1, 0.15) is 43.4 Å². The number of nitrogens with zero attached hydrogens (tertiary/aromatic N) is 4. The fraction of sp³-hybridized carbons (Fsp3) is 0.333. The second kappa shape index (κ2) is 9.84. The van der Waals surface area contributed by atoms with Crippen LogP contribution in [0.25, 0.3) is 0 Å². The maximum Gasteiger partial charge on any atom is 0.410 e. The molecule has 0 bridgehead atoms. The van der Waals surface area contributed by atoms with Gasteiger partial charge in [0.05, 0.1) is 23.4 Å². The van der Waals surface area contributed by atoms with Crippen molar-refractivity contribution in [2.75, 3.05) is 13.1 Å². The van der Waals surface area contributed by atoms with Crippen molar-refractivity contribution in [3.8, 4) is 18.2 Å². The van der Waals surface area contributed by atoms with E-state index in [0.717, 1.165) is 16.7 Å². The van der Waals surface area contributed by atoms with Crippen molar-refractivity contribution >= 4 is 6.09 Å². The van der Waals surface area contributed by atoms with Gasteiger partial charge in [-0.1, -0.05) is 81.4 Å². The van der Waals surface area contributed by atoms with Crippen molar-refractivity contribution in [2.45, 2.75) is 38.7 Å². The lowest BCUT2D eigenvalue weighted by Gasteiger charge is -2.45. The van der Waals surface area contributed by atoms with Crippen molar-refractivity contribution < 1.29 is 9.53 Å². The van der Waals surface area contributed by atoms with Crippen molar-refractivity contribution in [3.05, 3.63) is 94.2 Å². The fourth-order valence-electron chi connectivity index (χ4n) is 5.21. The smallest absolute Gasteiger partial charge is 0.410 e. The summed E-state index contributed by atoms with van der Waals surface area (Å²) >= 11 is 0. The normalized spacial score (nSPS) is 20.5. The van der Waals surface area contributed by atoms with Gasteiger partial charge in [0.1, 0.15) is 12.7 Å². The lowest BCUT2D eigenvalue weighted by Crippen LogP contribution is -2.49. The molecule has 2 atom stereocenters. The number of carbonyl (C=O) groups is 1. The van der Waals surface area contributed by atoms with Gasteiger partial charge in [0, 0.05) is 24.9 Å². The van der Waals surface area contributed by atoms with Crippen LogP contribution < -0.4 is 5.73 Å². The molecular weight excluding hydrogens is 462 g/mol. The zero-order valence-corrected chi connectivity index (χ0v) is 21.2. The number of rotatable bonds is 3. The van der Waals surface area contributed by atoms with Gasteiger partial charge in [0.2, 0.25) is 0 Å². The maximum absolute atomic E-state index is 13.0. The molecule has 186 valence electrons. The molecule has 4 rings (SSSR count). The first-order valence-electron chi connectivity index (χ1n) is 12.2. The number of hydrogen-bond donors (Lipinski definition) is 1. The van der Waals surface area contributed by atoms with Gasteiger partial charge in [-0.25, -0.2) is 4.79 Å². The van der Waals surface area contributed by atoms with Gasteiger partial charge in [0.25, 0.3) is 0 Å². The third-order valence-corrected chi connectivity index (χ3v) is 7.26. The summed E-state index contributed by atoms with van der Waals surface area (Å²) in [7, 11) is 0. The van der Waals surface area contributed by atoms with Gasteiger partial charge in [-0.05, 0) is 27.7 Å². The van der Waals surface area contributed by atoms with Crippen LogP contribution in [0.15, 0.2) is 77.5 Å². The Labute approximate surface area is 217 Å². The third-order valence-electron chi connectivity index (χ3n) is 7.26. The Morgan fingerprint density at radius 1 is 1.08 bits per heavy atom. The molecule has 2 aliphatic rings. The molecule has 2 unspecified atom stereocenters. The number of allylic oxidation sites excluding steroid dienone is 2. The highest BCUT2D eigenvalue weighted by Crippen LogP contribution is 2.54. The number of fused-ring (bicyclic) bond motifs is 1. The lowest BCUT2D eigenvalue weighted by atomic mass is 9.58. The Balaban J connectivity index is 1.74. The minimum absolute atomic E-state index is 0.0347. The summed E-state index contributed by atoms with van der Waals surface area (Å²) in [5.41, 5.74) is 8.08. The maximum atomic E-state index is 13.0. The minimum Gasteiger partial charge on any atom is -0.445 e. The summed E-state index contributed by atoms with van der Waals surface area (Å²) in [6.07, 6.45) is 1.29. The van der Waals surface area contributed by atoms with Gasteiger partial charge in [-0.2, -0.15) is 15.8 Å². The Morgan fingerprint density at radius 3 is 2.30 bits per heavy atom. The van der Waals surface area contributed by atoms with E-state index in [0.29, 0.717) is 5.57 Å². The molecule has 1 amide bonds. The highest BCUT2D eigenvalue weighted by molar-refractivity contribution is 5.69. The Hall–Kier alpha value is -4.54. The minimum atomic E-state index is -1.76. The molecule has 2 N–H and O–H groups in total. The molecule has 2 aromatic rings. The third kappa shape index (κ3) is 4.55. The lowest BCUT2D eigenvalue weighted by molar-refractivity contribution is 0.0898. The Bertz CT molecular complexity index is 1370. The first kappa shape index (κ1) is 25.5. The molecule has 0 spiro atoms. The number of benzene rings is 2. The summed E-state index contributed by atoms with van der Waals surface area (Å²) in [5.74, 6) is -1.16. The Kier molecular flexibility index (Phi) is 6.80. The van der Waals surface area contributed by atoms with Crippen LogP contribution in [0, 0.1) is 45.3 Å². The molecule has 1 heterocycles. The van der Waals surface area contributed by atoms with Gasteiger partial charge in [0.15, 0.2) is 5.41 Å². The van der Waals surface area contributed by atoms with E-state index in [4.69, 9.17) is 10.5 Å². The van der Waals surface area contributed by atoms with Crippen LogP contribution in [-0.2, 0) is 16.8 Å². The van der Waals surface area contributed by atoms with Crippen LogP contribution in [-0.4, -0.2) is 24.1 Å². The van der Waals surface area contributed by atoms with Gasteiger partial charge in [-0.15, -0.1) is 0 Å². The van der Waals surface area contributed by atoms with E-state index < -0.39 is 23.3 Å². The van der Waals surface area contributed by atoms with E-state index in [1.165, 1.54) is 0 Å². The number of hydrogen-bond acceptors (Lipinski definition) is 6. The van der Waals surface area contributed by atoms with Crippen LogP contribution in [0.5, 0.6) is 0 Å². The number of ether oxygens (including phenoxy) is 1. The summed E-state index contributed by atoms with van der Waals surface area (Å²) < 4.78 is 5.55. The van der Waals surface area contributed by atoms with Crippen LogP contribution >= 0.6 is 0 Å². The molecule has 37 heavy (non-hydrogen) atoms. The van der Waals surface area contributed by atoms with Crippen LogP contribution in [0.2, 0.25) is 0 Å². The summed E-state index contributed by atoms with van der Waals surface area (Å²) in [4.78, 5) is 14.5. The average Bonchev–Trinajstić information content (AvgIpc) is 2.91. The quantitative estimate of drug-likeness (QED) is 0.640. The molecule has 0 fully saturated rings. The van der Waals surface area contributed by atoms with Crippen LogP contribution in [0.3, 0.4) is 0 Å². The molecule has 7 heteroatoms. The van der Waals surface area contributed by atoms with Crippen LogP contribution in [0.4, 0.5) is 4.79 Å². The molecule has 1 aliphatic heterocycles. The number of nitrogens with two attached hydrogens (primary N) is 1. The van der Waals surface area contributed by atoms with E-state index in [-0.39, 0.29) is 36.4 Å². The standard InChI is InChI=1S/C30H29N5O2/c1-29(2,3)22-11-9-21(10-12-22)26-25-16-35(28(36)37-17-20-7-5-4-6-8-20)14-13-23(25)24(15-31)27(34)30(26,18-32)19-33/h4-13,25-26H,14,16-17,34H2,1-3H3. The van der Waals surface area contributed by atoms with Gasteiger partial charge in [-0.3, -0.25) is 0 Å². The molecule has 7 nitrogen and oxygen atoms in total. The largest absolute Gasteiger partial charge is 0.445 e. The van der Waals surface area contributed by atoms with Gasteiger partial charge >= 0.3 is 6.09 Å². The summed E-state index contributed by atoms with van der Waals surface area (Å²) in [6, 6.07) is 23.6. The second-order valence-electron chi connectivity index (χ2n) is 10.5. The van der Waals surface area contributed by atoms with E-state index in [2.05, 4.69) is 39.0 Å². The van der Waals surface area contributed by atoms with Crippen molar-refractivity contribution in [2.24, 2.45) is 17.1 Å². The predicted molar refractivity (Wildman–Crippen MR) is 138 cm³/mol. The SMILES string of the molecule is CC(C)(C)c1ccc(C2C3CN(C(=O)OCc4ccccc4)CC=C3C(C#N)=C(N)C2(C#N)C#N)cc1. The van der Waals surface area contributed by atoms with E-state index in [1.54, 1.807) is 11.0 Å². The number of carbonyl (C=O) groups excluding carboxylic acids is 1. The summed E-state index contributed by atoms with van der Waals surface area (Å²) in [6.45, 7) is 6.88. The summed E-state index contributed by atoms with van der Waals surface area (Å²) in [5, 5.41) is 30.5. The van der Waals surface area contributed by atoms with E-state index in [1.807, 2.05) is 54.6 Å². The van der Waals surface area contributed by atoms with Crippen molar-refractivity contribution in [1.29, 1.82) is 15.8 Å². The topological polar surface area (TPSA) is 127 Å².